The van der Waals surface area contributed by atoms with Crippen molar-refractivity contribution in [1.29, 1.82) is 0 Å². The number of hydrogen-bond acceptors (Lipinski definition) is 2. The van der Waals surface area contributed by atoms with Gasteiger partial charge >= 0.3 is 0 Å². The number of rotatable bonds is 7. The third-order valence-electron chi connectivity index (χ3n) is 2.81. The second-order valence-corrected chi connectivity index (χ2v) is 4.24. The normalized spacial score (nSPS) is 10.4. The SMILES string of the molecule is Cc1ccccc1CC(=O)CCCCCN. The Bertz CT molecular complexity index is 333. The Kier molecular flexibility index (Phi) is 5.79. The predicted molar refractivity (Wildman–Crippen MR) is 67.4 cm³/mol. The summed E-state index contributed by atoms with van der Waals surface area (Å²) < 4.78 is 0. The third kappa shape index (κ3) is 4.58. The molecule has 0 aliphatic heterocycles. The number of carbonyl (C=O) groups is 1. The average molecular weight is 219 g/mol. The van der Waals surface area contributed by atoms with E-state index in [0.29, 0.717) is 18.6 Å². The number of ketones is 1. The lowest BCUT2D eigenvalue weighted by Crippen LogP contribution is -2.04. The largest absolute Gasteiger partial charge is 0.330 e. The van der Waals surface area contributed by atoms with E-state index in [0.717, 1.165) is 31.4 Å². The van der Waals surface area contributed by atoms with Gasteiger partial charge in [-0.25, -0.2) is 0 Å². The molecule has 0 saturated heterocycles. The van der Waals surface area contributed by atoms with Crippen LogP contribution in [0.15, 0.2) is 24.3 Å². The number of Topliss-reactive ketones (excluding diaryl/α,β-unsaturated/α-hetero) is 1. The molecular formula is C14H21NO. The number of aryl methyl sites for hydroxylation is 1. The van der Waals surface area contributed by atoms with Gasteiger partial charge in [0.05, 0.1) is 0 Å². The molecule has 16 heavy (non-hydrogen) atoms. The molecule has 1 rings (SSSR count). The van der Waals surface area contributed by atoms with Crippen LogP contribution in [-0.4, -0.2) is 12.3 Å². The summed E-state index contributed by atoms with van der Waals surface area (Å²) in [7, 11) is 0. The maximum Gasteiger partial charge on any atom is 0.137 e. The Balaban J connectivity index is 2.32. The van der Waals surface area contributed by atoms with Crippen molar-refractivity contribution in [3.8, 4) is 0 Å². The quantitative estimate of drug-likeness (QED) is 0.716. The fourth-order valence-corrected chi connectivity index (χ4v) is 1.75. The number of hydrogen-bond donors (Lipinski definition) is 1. The maximum atomic E-state index is 11.7. The average Bonchev–Trinajstić information content (AvgIpc) is 2.28. The van der Waals surface area contributed by atoms with Crippen molar-refractivity contribution in [1.82, 2.24) is 0 Å². The summed E-state index contributed by atoms with van der Waals surface area (Å²) in [5.41, 5.74) is 7.77. The molecule has 0 aromatic heterocycles. The lowest BCUT2D eigenvalue weighted by Gasteiger charge is -2.04. The van der Waals surface area contributed by atoms with Crippen LogP contribution in [0.4, 0.5) is 0 Å². The highest BCUT2D eigenvalue weighted by molar-refractivity contribution is 5.81. The van der Waals surface area contributed by atoms with E-state index in [1.807, 2.05) is 18.2 Å². The minimum atomic E-state index is 0.339. The van der Waals surface area contributed by atoms with Gasteiger partial charge in [-0.1, -0.05) is 30.7 Å². The molecule has 88 valence electrons. The van der Waals surface area contributed by atoms with Gasteiger partial charge in [0.1, 0.15) is 5.78 Å². The van der Waals surface area contributed by atoms with Crippen molar-refractivity contribution in [2.75, 3.05) is 6.54 Å². The van der Waals surface area contributed by atoms with Gasteiger partial charge in [-0.05, 0) is 37.4 Å². The zero-order valence-electron chi connectivity index (χ0n) is 10.0. The van der Waals surface area contributed by atoms with Crippen LogP contribution in [0.2, 0.25) is 0 Å². The number of unbranched alkanes of at least 4 members (excludes halogenated alkanes) is 2. The van der Waals surface area contributed by atoms with Gasteiger partial charge in [0, 0.05) is 12.8 Å². The molecule has 0 aliphatic carbocycles. The monoisotopic (exact) mass is 219 g/mol. The van der Waals surface area contributed by atoms with Gasteiger partial charge in [-0.15, -0.1) is 0 Å². The van der Waals surface area contributed by atoms with Crippen LogP contribution in [-0.2, 0) is 11.2 Å². The highest BCUT2D eigenvalue weighted by atomic mass is 16.1. The van der Waals surface area contributed by atoms with E-state index in [4.69, 9.17) is 5.73 Å². The Morgan fingerprint density at radius 3 is 2.62 bits per heavy atom. The summed E-state index contributed by atoms with van der Waals surface area (Å²) >= 11 is 0. The predicted octanol–water partition coefficient (Wildman–Crippen LogP) is 2.63. The first kappa shape index (κ1) is 12.9. The molecule has 1 aromatic rings. The van der Waals surface area contributed by atoms with E-state index in [-0.39, 0.29) is 0 Å². The second kappa shape index (κ2) is 7.18. The molecule has 0 amide bonds. The minimum absolute atomic E-state index is 0.339. The standard InChI is InChI=1S/C14H21NO/c1-12-7-4-5-8-13(12)11-14(16)9-3-2-6-10-15/h4-5,7-8H,2-3,6,9-11,15H2,1H3. The number of benzene rings is 1. The Labute approximate surface area is 97.9 Å². The number of nitrogens with two attached hydrogens (primary N) is 1. The fourth-order valence-electron chi connectivity index (χ4n) is 1.75. The van der Waals surface area contributed by atoms with Crippen molar-refractivity contribution in [2.24, 2.45) is 5.73 Å². The van der Waals surface area contributed by atoms with Crippen LogP contribution in [0, 0.1) is 6.92 Å². The Morgan fingerprint density at radius 2 is 1.94 bits per heavy atom. The van der Waals surface area contributed by atoms with E-state index >= 15 is 0 Å². The third-order valence-corrected chi connectivity index (χ3v) is 2.81. The van der Waals surface area contributed by atoms with E-state index in [2.05, 4.69) is 13.0 Å². The van der Waals surface area contributed by atoms with Gasteiger partial charge < -0.3 is 5.73 Å². The first-order chi connectivity index (χ1) is 7.74. The minimum Gasteiger partial charge on any atom is -0.330 e. The number of carbonyl (C=O) groups excluding carboxylic acids is 1. The maximum absolute atomic E-state index is 11.7. The van der Waals surface area contributed by atoms with E-state index in [9.17, 15) is 4.79 Å². The molecule has 0 saturated carbocycles. The van der Waals surface area contributed by atoms with Gasteiger partial charge in [0.25, 0.3) is 0 Å². The van der Waals surface area contributed by atoms with Crippen LogP contribution >= 0.6 is 0 Å². The Hall–Kier alpha value is -1.15. The fraction of sp³-hybridized carbons (Fsp3) is 0.500. The zero-order valence-corrected chi connectivity index (χ0v) is 10.0. The molecule has 0 bridgehead atoms. The van der Waals surface area contributed by atoms with Crippen molar-refractivity contribution < 1.29 is 4.79 Å². The van der Waals surface area contributed by atoms with E-state index in [1.165, 1.54) is 5.56 Å². The Morgan fingerprint density at radius 1 is 1.19 bits per heavy atom. The summed E-state index contributed by atoms with van der Waals surface area (Å²) in [6.45, 7) is 2.78. The van der Waals surface area contributed by atoms with Crippen molar-refractivity contribution in [3.63, 3.8) is 0 Å². The first-order valence-electron chi connectivity index (χ1n) is 6.00. The highest BCUT2D eigenvalue weighted by Crippen LogP contribution is 2.10. The van der Waals surface area contributed by atoms with Gasteiger partial charge in [-0.2, -0.15) is 0 Å². The summed E-state index contributed by atoms with van der Waals surface area (Å²) in [5.74, 6) is 0.339. The molecule has 2 nitrogen and oxygen atoms in total. The van der Waals surface area contributed by atoms with E-state index < -0.39 is 0 Å². The second-order valence-electron chi connectivity index (χ2n) is 4.24. The molecule has 0 heterocycles. The van der Waals surface area contributed by atoms with Gasteiger partial charge in [-0.3, -0.25) is 4.79 Å². The lowest BCUT2D eigenvalue weighted by atomic mass is 10.0. The van der Waals surface area contributed by atoms with Crippen LogP contribution < -0.4 is 5.73 Å². The molecule has 0 spiro atoms. The van der Waals surface area contributed by atoms with Crippen molar-refractivity contribution in [3.05, 3.63) is 35.4 Å². The van der Waals surface area contributed by atoms with E-state index in [1.54, 1.807) is 0 Å². The summed E-state index contributed by atoms with van der Waals surface area (Å²) in [6.07, 6.45) is 4.33. The molecule has 2 heteroatoms. The topological polar surface area (TPSA) is 43.1 Å². The zero-order chi connectivity index (χ0) is 11.8. The van der Waals surface area contributed by atoms with Crippen LogP contribution in [0.1, 0.15) is 36.8 Å². The summed E-state index contributed by atoms with van der Waals surface area (Å²) in [5, 5.41) is 0. The van der Waals surface area contributed by atoms with Crippen molar-refractivity contribution in [2.45, 2.75) is 39.0 Å². The molecule has 0 aliphatic rings. The lowest BCUT2D eigenvalue weighted by molar-refractivity contribution is -0.118. The molecule has 0 atom stereocenters. The summed E-state index contributed by atoms with van der Waals surface area (Å²) in [6, 6.07) is 8.08. The van der Waals surface area contributed by atoms with Gasteiger partial charge in [0.2, 0.25) is 0 Å². The van der Waals surface area contributed by atoms with Crippen LogP contribution in [0.25, 0.3) is 0 Å². The highest BCUT2D eigenvalue weighted by Gasteiger charge is 2.05. The van der Waals surface area contributed by atoms with Crippen LogP contribution in [0.3, 0.4) is 0 Å². The molecule has 0 fully saturated rings. The molecular weight excluding hydrogens is 198 g/mol. The molecule has 0 unspecified atom stereocenters. The van der Waals surface area contributed by atoms with Crippen LogP contribution in [0.5, 0.6) is 0 Å². The molecule has 0 radical (unpaired) electrons. The molecule has 1 aromatic carbocycles. The summed E-state index contributed by atoms with van der Waals surface area (Å²) in [4.78, 5) is 11.7. The molecule has 2 N–H and O–H groups in total. The smallest absolute Gasteiger partial charge is 0.137 e. The van der Waals surface area contributed by atoms with Gasteiger partial charge in [0.15, 0.2) is 0 Å². The first-order valence-corrected chi connectivity index (χ1v) is 6.00. The van der Waals surface area contributed by atoms with Crippen molar-refractivity contribution >= 4 is 5.78 Å².